The van der Waals surface area contributed by atoms with Gasteiger partial charge >= 0.3 is 12.1 Å². The third kappa shape index (κ3) is 4.20. The molecule has 4 nitrogen and oxygen atoms in total. The normalized spacial score (nSPS) is 13.0. The first-order valence-corrected chi connectivity index (χ1v) is 7.16. The second kappa shape index (κ2) is 6.35. The Morgan fingerprint density at radius 2 is 1.91 bits per heavy atom. The number of phenols is 1. The van der Waals surface area contributed by atoms with E-state index in [1.54, 1.807) is 12.1 Å². The predicted molar refractivity (Wildman–Crippen MR) is 73.9 cm³/mol. The smallest absolute Gasteiger partial charge is 0.434 e. The van der Waals surface area contributed by atoms with E-state index in [1.807, 2.05) is 0 Å². The fourth-order valence-corrected chi connectivity index (χ4v) is 2.91. The lowest BCUT2D eigenvalue weighted by Crippen LogP contribution is -2.11. The highest BCUT2D eigenvalue weighted by Gasteiger charge is 2.34. The number of benzene rings is 1. The van der Waals surface area contributed by atoms with Gasteiger partial charge in [-0.25, -0.2) is 4.98 Å². The number of carbonyl (C=O) groups is 1. The van der Waals surface area contributed by atoms with Crippen molar-refractivity contribution in [2.24, 2.45) is 0 Å². The fourth-order valence-electron chi connectivity index (χ4n) is 1.98. The molecule has 0 aliphatic heterocycles. The van der Waals surface area contributed by atoms with Crippen LogP contribution >= 0.6 is 11.3 Å². The van der Waals surface area contributed by atoms with Gasteiger partial charge in [0.2, 0.25) is 0 Å². The van der Waals surface area contributed by atoms with E-state index in [0.29, 0.717) is 5.56 Å². The summed E-state index contributed by atoms with van der Waals surface area (Å²) in [7, 11) is 0. The molecule has 0 aliphatic rings. The maximum Gasteiger partial charge on any atom is 0.434 e. The quantitative estimate of drug-likeness (QED) is 0.877. The molecule has 0 spiro atoms. The van der Waals surface area contributed by atoms with E-state index in [1.165, 1.54) is 12.1 Å². The number of hydrogen-bond acceptors (Lipinski definition) is 4. The van der Waals surface area contributed by atoms with Crippen molar-refractivity contribution in [1.29, 1.82) is 0 Å². The fraction of sp³-hybridized carbons (Fsp3) is 0.286. The maximum absolute atomic E-state index is 12.6. The second-order valence-corrected chi connectivity index (χ2v) is 5.62. The van der Waals surface area contributed by atoms with Gasteiger partial charge in [0.1, 0.15) is 5.75 Å². The number of carboxylic acid groups (broad SMARTS) is 1. The van der Waals surface area contributed by atoms with Gasteiger partial charge in [-0.3, -0.25) is 4.79 Å². The molecule has 2 N–H and O–H groups in total. The number of alkyl halides is 3. The van der Waals surface area contributed by atoms with Gasteiger partial charge in [0.05, 0.1) is 11.4 Å². The third-order valence-corrected chi connectivity index (χ3v) is 4.01. The zero-order valence-electron chi connectivity index (χ0n) is 11.2. The summed E-state index contributed by atoms with van der Waals surface area (Å²) in [6, 6.07) is 6.08. The van der Waals surface area contributed by atoms with Crippen molar-refractivity contribution in [1.82, 2.24) is 4.98 Å². The largest absolute Gasteiger partial charge is 0.508 e. The van der Waals surface area contributed by atoms with E-state index in [9.17, 15) is 23.1 Å². The van der Waals surface area contributed by atoms with E-state index >= 15 is 0 Å². The average molecular weight is 331 g/mol. The van der Waals surface area contributed by atoms with Crippen molar-refractivity contribution < 1.29 is 28.2 Å². The van der Waals surface area contributed by atoms with Gasteiger partial charge in [-0.05, 0) is 24.1 Å². The highest BCUT2D eigenvalue weighted by Crippen LogP contribution is 2.34. The highest BCUT2D eigenvalue weighted by atomic mass is 32.1. The molecule has 2 aromatic rings. The van der Waals surface area contributed by atoms with Crippen LogP contribution in [0.5, 0.6) is 5.75 Å². The number of carboxylic acids is 1. The Morgan fingerprint density at radius 3 is 2.41 bits per heavy atom. The monoisotopic (exact) mass is 331 g/mol. The zero-order valence-corrected chi connectivity index (χ0v) is 12.0. The first-order valence-electron chi connectivity index (χ1n) is 6.28. The summed E-state index contributed by atoms with van der Waals surface area (Å²) in [5, 5.41) is 19.2. The van der Waals surface area contributed by atoms with Gasteiger partial charge in [0, 0.05) is 11.3 Å². The summed E-state index contributed by atoms with van der Waals surface area (Å²) in [6.07, 6.45) is -4.62. The van der Waals surface area contributed by atoms with Crippen molar-refractivity contribution >= 4 is 17.3 Å². The van der Waals surface area contributed by atoms with Crippen LogP contribution in [0.4, 0.5) is 13.2 Å². The molecule has 1 atom stereocenters. The molecule has 8 heteroatoms. The van der Waals surface area contributed by atoms with Crippen LogP contribution in [-0.2, 0) is 17.4 Å². The Kier molecular flexibility index (Phi) is 4.70. The number of hydrogen-bond donors (Lipinski definition) is 2. The molecule has 0 aliphatic carbocycles. The molecule has 1 aromatic heterocycles. The number of rotatable bonds is 5. The molecule has 1 unspecified atom stereocenters. The average Bonchev–Trinajstić information content (AvgIpc) is 2.89. The maximum atomic E-state index is 12.6. The molecule has 0 radical (unpaired) electrons. The van der Waals surface area contributed by atoms with Crippen LogP contribution in [0.1, 0.15) is 28.6 Å². The highest BCUT2D eigenvalue weighted by molar-refractivity contribution is 7.09. The topological polar surface area (TPSA) is 70.4 Å². The zero-order chi connectivity index (χ0) is 16.3. The van der Waals surface area contributed by atoms with Crippen LogP contribution in [-0.4, -0.2) is 21.2 Å². The van der Waals surface area contributed by atoms with E-state index in [4.69, 9.17) is 5.11 Å². The van der Waals surface area contributed by atoms with Crippen molar-refractivity contribution in [2.45, 2.75) is 24.9 Å². The summed E-state index contributed by atoms with van der Waals surface area (Å²) in [5.41, 5.74) is -0.290. The molecule has 2 rings (SSSR count). The number of aromatic hydroxyl groups is 1. The molecule has 0 saturated carbocycles. The van der Waals surface area contributed by atoms with Gasteiger partial charge in [0.15, 0.2) is 5.69 Å². The number of thiazole rings is 1. The molecule has 0 amide bonds. The SMILES string of the molecule is O=C(O)CC(Cc1ccc(O)cc1)c1nc(C(F)(F)F)cs1. The standard InChI is InChI=1S/C14H12F3NO3S/c15-14(16,17)11-7-22-13(18-11)9(6-12(20)21)5-8-1-3-10(19)4-2-8/h1-4,7,9,19H,5-6H2,(H,20,21). The lowest BCUT2D eigenvalue weighted by Gasteiger charge is -2.12. The van der Waals surface area contributed by atoms with Gasteiger partial charge in [0.25, 0.3) is 0 Å². The Labute approximate surface area is 127 Å². The number of aliphatic carboxylic acids is 1. The molecular formula is C14H12F3NO3S. The Balaban J connectivity index is 2.24. The number of halogens is 3. The minimum atomic E-state index is -4.54. The first-order chi connectivity index (χ1) is 10.3. The van der Waals surface area contributed by atoms with Crippen molar-refractivity contribution in [2.75, 3.05) is 0 Å². The van der Waals surface area contributed by atoms with Crippen LogP contribution in [0.15, 0.2) is 29.6 Å². The minimum absolute atomic E-state index is 0.0622. The van der Waals surface area contributed by atoms with E-state index in [2.05, 4.69) is 4.98 Å². The number of phenolic OH excluding ortho intramolecular Hbond substituents is 1. The molecular weight excluding hydrogens is 319 g/mol. The number of aromatic nitrogens is 1. The van der Waals surface area contributed by atoms with Gasteiger partial charge < -0.3 is 10.2 Å². The Hall–Kier alpha value is -2.09. The summed E-state index contributed by atoms with van der Waals surface area (Å²) in [6.45, 7) is 0. The molecule has 1 aromatic carbocycles. The van der Waals surface area contributed by atoms with Gasteiger partial charge in [-0.1, -0.05) is 12.1 Å². The minimum Gasteiger partial charge on any atom is -0.508 e. The molecule has 0 saturated heterocycles. The first kappa shape index (κ1) is 16.3. The molecule has 0 bridgehead atoms. The summed E-state index contributed by atoms with van der Waals surface area (Å²) < 4.78 is 37.8. The van der Waals surface area contributed by atoms with Crippen molar-refractivity contribution in [3.8, 4) is 5.75 Å². The van der Waals surface area contributed by atoms with Gasteiger partial charge in [-0.2, -0.15) is 13.2 Å². The van der Waals surface area contributed by atoms with Crippen molar-refractivity contribution in [3.05, 3.63) is 45.9 Å². The summed E-state index contributed by atoms with van der Waals surface area (Å²) in [5.74, 6) is -1.69. The van der Waals surface area contributed by atoms with E-state index in [-0.39, 0.29) is 23.6 Å². The second-order valence-electron chi connectivity index (χ2n) is 4.73. The van der Waals surface area contributed by atoms with Crippen LogP contribution in [0, 0.1) is 0 Å². The predicted octanol–water partition coefficient (Wildman–Crippen LogP) is 3.67. The third-order valence-electron chi connectivity index (χ3n) is 3.00. The molecule has 22 heavy (non-hydrogen) atoms. The van der Waals surface area contributed by atoms with E-state index < -0.39 is 23.8 Å². The van der Waals surface area contributed by atoms with Crippen LogP contribution in [0.2, 0.25) is 0 Å². The summed E-state index contributed by atoms with van der Waals surface area (Å²) >= 11 is 0.805. The molecule has 118 valence electrons. The summed E-state index contributed by atoms with van der Waals surface area (Å²) in [4.78, 5) is 14.5. The molecule has 1 heterocycles. The van der Waals surface area contributed by atoms with Crippen molar-refractivity contribution in [3.63, 3.8) is 0 Å². The van der Waals surface area contributed by atoms with Crippen LogP contribution in [0.3, 0.4) is 0 Å². The lowest BCUT2D eigenvalue weighted by atomic mass is 9.96. The van der Waals surface area contributed by atoms with Crippen LogP contribution in [0.25, 0.3) is 0 Å². The Bertz CT molecular complexity index is 652. The lowest BCUT2D eigenvalue weighted by molar-refractivity contribution is -0.140. The Morgan fingerprint density at radius 1 is 1.27 bits per heavy atom. The van der Waals surface area contributed by atoms with E-state index in [0.717, 1.165) is 16.7 Å². The van der Waals surface area contributed by atoms with Crippen LogP contribution < -0.4 is 0 Å². The number of nitrogens with zero attached hydrogens (tertiary/aromatic N) is 1. The molecule has 0 fully saturated rings. The van der Waals surface area contributed by atoms with Gasteiger partial charge in [-0.15, -0.1) is 11.3 Å².